The van der Waals surface area contributed by atoms with Gasteiger partial charge < -0.3 is 15.3 Å². The molecule has 114 valence electrons. The van der Waals surface area contributed by atoms with E-state index in [0.29, 0.717) is 22.3 Å². The molecule has 5 nitrogen and oxygen atoms in total. The van der Waals surface area contributed by atoms with Gasteiger partial charge in [-0.2, -0.15) is 0 Å². The molecule has 22 heavy (non-hydrogen) atoms. The summed E-state index contributed by atoms with van der Waals surface area (Å²) in [5.41, 5.74) is 2.17. The van der Waals surface area contributed by atoms with Gasteiger partial charge in [-0.25, -0.2) is 0 Å². The number of carbonyl (C=O) groups excluding carboxylic acids is 1. The Bertz CT molecular complexity index is 697. The van der Waals surface area contributed by atoms with E-state index in [1.807, 2.05) is 0 Å². The van der Waals surface area contributed by atoms with E-state index in [1.54, 1.807) is 12.1 Å². The normalized spacial score (nSPS) is 16.1. The van der Waals surface area contributed by atoms with Crippen molar-refractivity contribution in [3.05, 3.63) is 60.2 Å². The van der Waals surface area contributed by atoms with Crippen molar-refractivity contribution >= 4 is 17.1 Å². The summed E-state index contributed by atoms with van der Waals surface area (Å²) in [5, 5.41) is 28.1. The third-order valence-electron chi connectivity index (χ3n) is 3.44. The number of phenolic OH excluding ortho intramolecular Hbond substituents is 1. The average Bonchev–Trinajstić information content (AvgIpc) is 2.53. The third kappa shape index (κ3) is 2.64. The van der Waals surface area contributed by atoms with Crippen LogP contribution < -0.4 is 0 Å². The number of benzene rings is 1. The summed E-state index contributed by atoms with van der Waals surface area (Å²) in [7, 11) is 0. The van der Waals surface area contributed by atoms with Crippen molar-refractivity contribution in [2.24, 2.45) is 4.99 Å². The van der Waals surface area contributed by atoms with Crippen LogP contribution in [0.1, 0.15) is 11.1 Å². The highest BCUT2D eigenvalue weighted by molar-refractivity contribution is 6.55. The Hall–Kier alpha value is -2.50. The fourth-order valence-corrected chi connectivity index (χ4v) is 2.35. The van der Waals surface area contributed by atoms with Gasteiger partial charge in [-0.3, -0.25) is 9.79 Å². The quantitative estimate of drug-likeness (QED) is 0.763. The zero-order valence-corrected chi connectivity index (χ0v) is 12.0. The number of aliphatic imine (C=N–C) groups is 1. The Labute approximate surface area is 128 Å². The number of rotatable bonds is 5. The average molecular weight is 299 g/mol. The minimum Gasteiger partial charge on any atom is -0.508 e. The van der Waals surface area contributed by atoms with Crippen molar-refractivity contribution in [2.45, 2.75) is 6.04 Å². The van der Waals surface area contributed by atoms with E-state index in [2.05, 4.69) is 18.2 Å². The molecule has 1 aliphatic rings. The number of aromatic hydroxyl groups is 1. The number of hydrogen-bond acceptors (Lipinski definition) is 5. The molecule has 0 unspecified atom stereocenters. The lowest BCUT2D eigenvalue weighted by molar-refractivity contribution is -0.109. The lowest BCUT2D eigenvalue weighted by Crippen LogP contribution is -2.27. The first-order valence-electron chi connectivity index (χ1n) is 6.74. The Balaban J connectivity index is 2.76. The number of Topliss-reactive ketones (excluding diaryl/α,β-unsaturated/α-hetero) is 1. The highest BCUT2D eigenvalue weighted by atomic mass is 16.3. The number of aliphatic hydroxyl groups excluding tert-OH is 2. The van der Waals surface area contributed by atoms with Crippen LogP contribution >= 0.6 is 0 Å². The Morgan fingerprint density at radius 2 is 1.73 bits per heavy atom. The minimum absolute atomic E-state index is 0.00531. The number of hydrogen-bond donors (Lipinski definition) is 3. The fourth-order valence-electron chi connectivity index (χ4n) is 2.35. The topological polar surface area (TPSA) is 90.1 Å². The van der Waals surface area contributed by atoms with Gasteiger partial charge in [0, 0.05) is 11.1 Å². The molecule has 0 aliphatic heterocycles. The van der Waals surface area contributed by atoms with Gasteiger partial charge in [0.25, 0.3) is 0 Å². The van der Waals surface area contributed by atoms with E-state index in [4.69, 9.17) is 0 Å². The molecule has 3 N–H and O–H groups in total. The van der Waals surface area contributed by atoms with Gasteiger partial charge in [0.15, 0.2) is 0 Å². The van der Waals surface area contributed by atoms with Crippen molar-refractivity contribution in [1.29, 1.82) is 0 Å². The van der Waals surface area contributed by atoms with Crippen LogP contribution in [0, 0.1) is 0 Å². The molecule has 1 aromatic rings. The van der Waals surface area contributed by atoms with Crippen molar-refractivity contribution in [1.82, 2.24) is 0 Å². The zero-order chi connectivity index (χ0) is 16.3. The maximum absolute atomic E-state index is 12.6. The molecular weight excluding hydrogens is 282 g/mol. The monoisotopic (exact) mass is 299 g/mol. The van der Waals surface area contributed by atoms with Crippen LogP contribution in [-0.4, -0.2) is 46.1 Å². The predicted octanol–water partition coefficient (Wildman–Crippen LogP) is 1.24. The summed E-state index contributed by atoms with van der Waals surface area (Å²) in [5.74, 6) is -0.385. The maximum Gasteiger partial charge on any atom is 0.212 e. The highest BCUT2D eigenvalue weighted by Gasteiger charge is 2.29. The second kappa shape index (κ2) is 6.51. The molecule has 0 heterocycles. The first kappa shape index (κ1) is 15.9. The molecule has 0 atom stereocenters. The lowest BCUT2D eigenvalue weighted by Gasteiger charge is -2.22. The van der Waals surface area contributed by atoms with Crippen LogP contribution in [0.3, 0.4) is 0 Å². The van der Waals surface area contributed by atoms with Crippen molar-refractivity contribution in [3.63, 3.8) is 0 Å². The SMILES string of the molecule is C=CC1=C(C=C)c2ccc(O)cc2C(=NC(CO)CO)C1=O. The van der Waals surface area contributed by atoms with Crippen molar-refractivity contribution in [2.75, 3.05) is 13.2 Å². The van der Waals surface area contributed by atoms with Crippen LogP contribution in [-0.2, 0) is 4.79 Å². The van der Waals surface area contributed by atoms with Crippen LogP contribution in [0.2, 0.25) is 0 Å². The van der Waals surface area contributed by atoms with E-state index in [1.165, 1.54) is 18.2 Å². The Morgan fingerprint density at radius 1 is 1.09 bits per heavy atom. The van der Waals surface area contributed by atoms with Crippen molar-refractivity contribution < 1.29 is 20.1 Å². The number of aliphatic hydroxyl groups is 2. The molecule has 0 aromatic heterocycles. The van der Waals surface area contributed by atoms with Gasteiger partial charge >= 0.3 is 0 Å². The standard InChI is InChI=1S/C17H17NO4/c1-3-12-13(4-2)17(22)16(18-10(8-19)9-20)15-7-11(21)5-6-14(12)15/h3-7,10,19-21H,1-2,8-9H2. The largest absolute Gasteiger partial charge is 0.508 e. The number of phenols is 1. The van der Waals surface area contributed by atoms with E-state index in [9.17, 15) is 20.1 Å². The molecule has 0 spiro atoms. The molecule has 0 saturated heterocycles. The summed E-state index contributed by atoms with van der Waals surface area (Å²) in [6.07, 6.45) is 2.98. The van der Waals surface area contributed by atoms with Crippen LogP contribution in [0.25, 0.3) is 5.57 Å². The number of nitrogens with zero attached hydrogens (tertiary/aromatic N) is 1. The van der Waals surface area contributed by atoms with Crippen LogP contribution in [0.15, 0.2) is 54.1 Å². The molecule has 0 saturated carbocycles. The number of ketones is 1. The third-order valence-corrected chi connectivity index (χ3v) is 3.44. The summed E-state index contributed by atoms with van der Waals surface area (Å²) in [4.78, 5) is 16.8. The summed E-state index contributed by atoms with van der Waals surface area (Å²) >= 11 is 0. The van der Waals surface area contributed by atoms with Gasteiger partial charge in [0.1, 0.15) is 11.5 Å². The molecule has 0 amide bonds. The first-order valence-corrected chi connectivity index (χ1v) is 6.74. The smallest absolute Gasteiger partial charge is 0.212 e. The number of fused-ring (bicyclic) bond motifs is 1. The van der Waals surface area contributed by atoms with Crippen LogP contribution in [0.5, 0.6) is 5.75 Å². The highest BCUT2D eigenvalue weighted by Crippen LogP contribution is 2.33. The molecule has 0 bridgehead atoms. The molecule has 0 fully saturated rings. The Kier molecular flexibility index (Phi) is 4.70. The number of allylic oxidation sites excluding steroid dienone is 4. The van der Waals surface area contributed by atoms with E-state index in [0.717, 1.165) is 0 Å². The van der Waals surface area contributed by atoms with Gasteiger partial charge in [0.2, 0.25) is 5.78 Å². The minimum atomic E-state index is -0.800. The predicted molar refractivity (Wildman–Crippen MR) is 84.9 cm³/mol. The molecule has 1 aliphatic carbocycles. The first-order chi connectivity index (χ1) is 10.6. The van der Waals surface area contributed by atoms with Gasteiger partial charge in [-0.1, -0.05) is 31.4 Å². The molecule has 2 rings (SSSR count). The van der Waals surface area contributed by atoms with Gasteiger partial charge in [0.05, 0.1) is 19.3 Å². The number of carbonyl (C=O) groups is 1. The van der Waals surface area contributed by atoms with Gasteiger partial charge in [-0.05, 0) is 23.3 Å². The fraction of sp³-hybridized carbons (Fsp3) is 0.176. The second-order valence-corrected chi connectivity index (χ2v) is 4.79. The zero-order valence-electron chi connectivity index (χ0n) is 12.0. The molecule has 5 heteroatoms. The van der Waals surface area contributed by atoms with Crippen LogP contribution in [0.4, 0.5) is 0 Å². The van der Waals surface area contributed by atoms with E-state index in [-0.39, 0.29) is 30.5 Å². The van der Waals surface area contributed by atoms with Crippen molar-refractivity contribution in [3.8, 4) is 5.75 Å². The molecule has 1 aromatic carbocycles. The Morgan fingerprint density at radius 3 is 2.27 bits per heavy atom. The molecule has 0 radical (unpaired) electrons. The second-order valence-electron chi connectivity index (χ2n) is 4.79. The summed E-state index contributed by atoms with van der Waals surface area (Å²) < 4.78 is 0. The lowest BCUT2D eigenvalue weighted by atomic mass is 9.83. The molecular formula is C17H17NO4. The maximum atomic E-state index is 12.6. The summed E-state index contributed by atoms with van der Waals surface area (Å²) in [6.45, 7) is 6.59. The van der Waals surface area contributed by atoms with Gasteiger partial charge in [-0.15, -0.1) is 0 Å². The van der Waals surface area contributed by atoms with E-state index < -0.39 is 6.04 Å². The summed E-state index contributed by atoms with van der Waals surface area (Å²) in [6, 6.07) is 3.80. The van der Waals surface area contributed by atoms with E-state index >= 15 is 0 Å².